The molecule has 1 atom stereocenters. The number of aliphatic hydroxyl groups is 1. The van der Waals surface area contributed by atoms with Crippen LogP contribution >= 0.6 is 0 Å². The van der Waals surface area contributed by atoms with E-state index in [-0.39, 0.29) is 0 Å². The molecule has 0 unspecified atom stereocenters. The van der Waals surface area contributed by atoms with Crippen molar-refractivity contribution < 1.29 is 9.84 Å². The van der Waals surface area contributed by atoms with Crippen molar-refractivity contribution in [3.8, 4) is 11.5 Å². The molecule has 19 heavy (non-hydrogen) atoms. The fourth-order valence-electron chi connectivity index (χ4n) is 1.92. The molecule has 0 aliphatic heterocycles. The highest BCUT2D eigenvalue weighted by molar-refractivity contribution is 5.35. The van der Waals surface area contributed by atoms with Crippen LogP contribution in [0.15, 0.2) is 48.5 Å². The van der Waals surface area contributed by atoms with E-state index in [1.165, 1.54) is 5.56 Å². The van der Waals surface area contributed by atoms with Gasteiger partial charge in [-0.1, -0.05) is 38.1 Å². The molecule has 0 spiro atoms. The second-order valence-corrected chi connectivity index (χ2v) is 4.59. The second-order valence-electron chi connectivity index (χ2n) is 4.59. The summed E-state index contributed by atoms with van der Waals surface area (Å²) in [7, 11) is 0. The van der Waals surface area contributed by atoms with Crippen LogP contribution in [0.3, 0.4) is 0 Å². The van der Waals surface area contributed by atoms with Crippen molar-refractivity contribution in [1.82, 2.24) is 0 Å². The number of aryl methyl sites for hydroxylation is 1. The Bertz CT molecular complexity index is 500. The predicted molar refractivity (Wildman–Crippen MR) is 77.6 cm³/mol. The third-order valence-corrected chi connectivity index (χ3v) is 3.22. The van der Waals surface area contributed by atoms with Gasteiger partial charge < -0.3 is 9.84 Å². The maximum atomic E-state index is 9.73. The van der Waals surface area contributed by atoms with Gasteiger partial charge in [0.05, 0.1) is 6.10 Å². The SMILES string of the molecule is CCc1ccc(Oc2ccc([C@H](O)CC)cc2)cc1. The largest absolute Gasteiger partial charge is 0.457 e. The number of hydrogen-bond donors (Lipinski definition) is 1. The van der Waals surface area contributed by atoms with Crippen molar-refractivity contribution in [3.05, 3.63) is 59.7 Å². The summed E-state index contributed by atoms with van der Waals surface area (Å²) in [5.41, 5.74) is 2.23. The molecular weight excluding hydrogens is 236 g/mol. The van der Waals surface area contributed by atoms with Crippen molar-refractivity contribution in [2.24, 2.45) is 0 Å². The van der Waals surface area contributed by atoms with Crippen LogP contribution in [0, 0.1) is 0 Å². The van der Waals surface area contributed by atoms with Gasteiger partial charge in [-0.15, -0.1) is 0 Å². The van der Waals surface area contributed by atoms with Gasteiger partial charge in [0.15, 0.2) is 0 Å². The minimum absolute atomic E-state index is 0.391. The van der Waals surface area contributed by atoms with Crippen LogP contribution in [-0.2, 0) is 6.42 Å². The normalized spacial score (nSPS) is 12.2. The minimum atomic E-state index is -0.391. The Morgan fingerprint density at radius 1 is 0.895 bits per heavy atom. The van der Waals surface area contributed by atoms with Crippen molar-refractivity contribution >= 4 is 0 Å². The molecule has 2 nitrogen and oxygen atoms in total. The number of aliphatic hydroxyl groups excluding tert-OH is 1. The zero-order valence-electron chi connectivity index (χ0n) is 11.5. The molecule has 0 saturated carbocycles. The summed E-state index contributed by atoms with van der Waals surface area (Å²) in [4.78, 5) is 0. The Morgan fingerprint density at radius 3 is 1.89 bits per heavy atom. The summed E-state index contributed by atoms with van der Waals surface area (Å²) in [6.07, 6.45) is 1.36. The zero-order chi connectivity index (χ0) is 13.7. The van der Waals surface area contributed by atoms with Crippen molar-refractivity contribution in [3.63, 3.8) is 0 Å². The van der Waals surface area contributed by atoms with Crippen LogP contribution in [-0.4, -0.2) is 5.11 Å². The number of ether oxygens (including phenoxy) is 1. The van der Waals surface area contributed by atoms with Crippen LogP contribution in [0.25, 0.3) is 0 Å². The van der Waals surface area contributed by atoms with Crippen molar-refractivity contribution in [2.75, 3.05) is 0 Å². The molecular formula is C17H20O2. The summed E-state index contributed by atoms with van der Waals surface area (Å²) in [6, 6.07) is 15.7. The van der Waals surface area contributed by atoms with Crippen LogP contribution in [0.2, 0.25) is 0 Å². The van der Waals surface area contributed by atoms with E-state index in [2.05, 4.69) is 19.1 Å². The molecule has 0 radical (unpaired) electrons. The Kier molecular flexibility index (Phi) is 4.58. The molecule has 1 N–H and O–H groups in total. The Labute approximate surface area is 114 Å². The molecule has 0 aliphatic rings. The average molecular weight is 256 g/mol. The van der Waals surface area contributed by atoms with E-state index >= 15 is 0 Å². The van der Waals surface area contributed by atoms with E-state index in [0.29, 0.717) is 0 Å². The summed E-state index contributed by atoms with van der Waals surface area (Å²) in [5.74, 6) is 1.62. The van der Waals surface area contributed by atoms with Crippen LogP contribution < -0.4 is 4.74 Å². The fourth-order valence-corrected chi connectivity index (χ4v) is 1.92. The highest BCUT2D eigenvalue weighted by Crippen LogP contribution is 2.24. The third-order valence-electron chi connectivity index (χ3n) is 3.22. The highest BCUT2D eigenvalue weighted by atomic mass is 16.5. The molecule has 2 aromatic rings. The first-order chi connectivity index (χ1) is 9.22. The molecule has 0 aromatic heterocycles. The monoisotopic (exact) mass is 256 g/mol. The van der Waals surface area contributed by atoms with Gasteiger partial charge >= 0.3 is 0 Å². The first-order valence-electron chi connectivity index (χ1n) is 6.77. The molecule has 0 bridgehead atoms. The lowest BCUT2D eigenvalue weighted by atomic mass is 10.1. The molecule has 2 aromatic carbocycles. The Hall–Kier alpha value is -1.80. The second kappa shape index (κ2) is 6.39. The summed E-state index contributed by atoms with van der Waals surface area (Å²) >= 11 is 0. The quantitative estimate of drug-likeness (QED) is 0.854. The molecule has 0 aliphatic carbocycles. The number of benzene rings is 2. The summed E-state index contributed by atoms with van der Waals surface area (Å²) < 4.78 is 5.76. The van der Waals surface area contributed by atoms with E-state index in [1.807, 2.05) is 43.3 Å². The smallest absolute Gasteiger partial charge is 0.127 e. The molecule has 0 fully saturated rings. The van der Waals surface area contributed by atoms with E-state index in [4.69, 9.17) is 4.74 Å². The van der Waals surface area contributed by atoms with Gasteiger partial charge in [0.25, 0.3) is 0 Å². The van der Waals surface area contributed by atoms with Crippen LogP contribution in [0.5, 0.6) is 11.5 Å². The maximum absolute atomic E-state index is 9.73. The lowest BCUT2D eigenvalue weighted by Crippen LogP contribution is -1.94. The van der Waals surface area contributed by atoms with Crippen LogP contribution in [0.1, 0.15) is 37.5 Å². The topological polar surface area (TPSA) is 29.5 Å². The van der Waals surface area contributed by atoms with Crippen LogP contribution in [0.4, 0.5) is 0 Å². The van der Waals surface area contributed by atoms with E-state index in [1.54, 1.807) is 0 Å². The number of rotatable bonds is 5. The first kappa shape index (κ1) is 13.6. The van der Waals surface area contributed by atoms with Gasteiger partial charge in [-0.25, -0.2) is 0 Å². The van der Waals surface area contributed by atoms with Gasteiger partial charge in [-0.3, -0.25) is 0 Å². The van der Waals surface area contributed by atoms with Gasteiger partial charge in [-0.2, -0.15) is 0 Å². The molecule has 2 rings (SSSR count). The third kappa shape index (κ3) is 3.58. The average Bonchev–Trinajstić information content (AvgIpc) is 2.48. The fraction of sp³-hybridized carbons (Fsp3) is 0.294. The zero-order valence-corrected chi connectivity index (χ0v) is 11.5. The van der Waals surface area contributed by atoms with E-state index in [0.717, 1.165) is 29.9 Å². The molecule has 100 valence electrons. The highest BCUT2D eigenvalue weighted by Gasteiger charge is 2.04. The van der Waals surface area contributed by atoms with Gasteiger partial charge in [-0.05, 0) is 48.2 Å². The molecule has 0 amide bonds. The molecule has 2 heteroatoms. The van der Waals surface area contributed by atoms with Gasteiger partial charge in [0.1, 0.15) is 11.5 Å². The van der Waals surface area contributed by atoms with Crippen molar-refractivity contribution in [1.29, 1.82) is 0 Å². The maximum Gasteiger partial charge on any atom is 0.127 e. The summed E-state index contributed by atoms with van der Waals surface area (Å²) in [6.45, 7) is 4.10. The Morgan fingerprint density at radius 2 is 1.42 bits per heavy atom. The lowest BCUT2D eigenvalue weighted by Gasteiger charge is -2.10. The summed E-state index contributed by atoms with van der Waals surface area (Å²) in [5, 5.41) is 9.73. The standard InChI is InChI=1S/C17H20O2/c1-3-13-5-9-15(10-6-13)19-16-11-7-14(8-12-16)17(18)4-2/h5-12,17-18H,3-4H2,1-2H3/t17-/m1/s1. The minimum Gasteiger partial charge on any atom is -0.457 e. The van der Waals surface area contributed by atoms with Crippen molar-refractivity contribution in [2.45, 2.75) is 32.8 Å². The number of hydrogen-bond acceptors (Lipinski definition) is 2. The van der Waals surface area contributed by atoms with Gasteiger partial charge in [0, 0.05) is 0 Å². The molecule has 0 saturated heterocycles. The van der Waals surface area contributed by atoms with Gasteiger partial charge in [0.2, 0.25) is 0 Å². The predicted octanol–water partition coefficient (Wildman–Crippen LogP) is 4.48. The van der Waals surface area contributed by atoms with E-state index < -0.39 is 6.10 Å². The molecule has 0 heterocycles. The van der Waals surface area contributed by atoms with E-state index in [9.17, 15) is 5.11 Å². The first-order valence-corrected chi connectivity index (χ1v) is 6.77. The Balaban J connectivity index is 2.06. The lowest BCUT2D eigenvalue weighted by molar-refractivity contribution is 0.173.